The molecule has 1 amide bonds. The number of carbonyl (C=O) groups is 1. The minimum absolute atomic E-state index is 0.271. The van der Waals surface area contributed by atoms with Crippen molar-refractivity contribution in [2.45, 2.75) is 0 Å². The van der Waals surface area contributed by atoms with Crippen molar-refractivity contribution in [1.82, 2.24) is 20.4 Å². The predicted octanol–water partition coefficient (Wildman–Crippen LogP) is 1.72. The molecule has 0 radical (unpaired) electrons. The van der Waals surface area contributed by atoms with Crippen LogP contribution in [0.3, 0.4) is 0 Å². The Morgan fingerprint density at radius 3 is 2.95 bits per heavy atom. The zero-order valence-electron chi connectivity index (χ0n) is 10.4. The molecule has 0 spiro atoms. The van der Waals surface area contributed by atoms with Crippen LogP contribution in [-0.4, -0.2) is 27.1 Å². The van der Waals surface area contributed by atoms with Gasteiger partial charge in [-0.25, -0.2) is 10.4 Å². The van der Waals surface area contributed by atoms with Crippen molar-refractivity contribution in [3.63, 3.8) is 0 Å². The van der Waals surface area contributed by atoms with E-state index in [1.54, 1.807) is 55.3 Å². The predicted molar refractivity (Wildman–Crippen MR) is 75.4 cm³/mol. The normalized spacial score (nSPS) is 11.0. The molecule has 0 bridgehead atoms. The smallest absolute Gasteiger partial charge is 0.271 e. The SMILES string of the molecule is O=C(N/N=C\c1ccncc1)c1ccc2nc[nH]c2c1. The molecule has 98 valence electrons. The summed E-state index contributed by atoms with van der Waals surface area (Å²) in [5.74, 6) is -0.271. The summed E-state index contributed by atoms with van der Waals surface area (Å²) in [4.78, 5) is 22.9. The topological polar surface area (TPSA) is 83.0 Å². The van der Waals surface area contributed by atoms with Crippen molar-refractivity contribution >= 4 is 23.2 Å². The minimum atomic E-state index is -0.271. The summed E-state index contributed by atoms with van der Waals surface area (Å²) in [6.07, 6.45) is 6.48. The van der Waals surface area contributed by atoms with E-state index in [0.29, 0.717) is 5.56 Å². The number of nitrogens with one attached hydrogen (secondary N) is 2. The van der Waals surface area contributed by atoms with Crippen LogP contribution in [0.2, 0.25) is 0 Å². The van der Waals surface area contributed by atoms with Gasteiger partial charge in [-0.15, -0.1) is 0 Å². The van der Waals surface area contributed by atoms with Gasteiger partial charge in [-0.1, -0.05) is 0 Å². The zero-order valence-corrected chi connectivity index (χ0v) is 10.4. The van der Waals surface area contributed by atoms with E-state index in [4.69, 9.17) is 0 Å². The molecule has 0 aliphatic rings. The maximum atomic E-state index is 11.9. The molecule has 6 nitrogen and oxygen atoms in total. The van der Waals surface area contributed by atoms with Crippen LogP contribution < -0.4 is 5.43 Å². The number of hydrogen-bond donors (Lipinski definition) is 2. The Balaban J connectivity index is 1.71. The summed E-state index contributed by atoms with van der Waals surface area (Å²) in [5, 5.41) is 3.91. The number of nitrogens with zero attached hydrogens (tertiary/aromatic N) is 3. The number of rotatable bonds is 3. The van der Waals surface area contributed by atoms with Crippen molar-refractivity contribution in [2.24, 2.45) is 5.10 Å². The van der Waals surface area contributed by atoms with Gasteiger partial charge in [0.25, 0.3) is 5.91 Å². The summed E-state index contributed by atoms with van der Waals surface area (Å²) < 4.78 is 0. The Morgan fingerprint density at radius 1 is 1.25 bits per heavy atom. The molecule has 1 aromatic carbocycles. The fourth-order valence-electron chi connectivity index (χ4n) is 1.76. The van der Waals surface area contributed by atoms with Gasteiger partial charge in [0, 0.05) is 18.0 Å². The number of aromatic nitrogens is 3. The largest absolute Gasteiger partial charge is 0.345 e. The summed E-state index contributed by atoms with van der Waals surface area (Å²) >= 11 is 0. The van der Waals surface area contributed by atoms with Crippen LogP contribution in [0.4, 0.5) is 0 Å². The molecular formula is C14H11N5O. The number of amides is 1. The number of benzene rings is 1. The van der Waals surface area contributed by atoms with Crippen LogP contribution in [0.25, 0.3) is 11.0 Å². The molecular weight excluding hydrogens is 254 g/mol. The van der Waals surface area contributed by atoms with E-state index in [1.165, 1.54) is 0 Å². The number of fused-ring (bicyclic) bond motifs is 1. The zero-order chi connectivity index (χ0) is 13.8. The molecule has 0 saturated heterocycles. The second-order valence-electron chi connectivity index (χ2n) is 4.11. The molecule has 0 atom stereocenters. The van der Waals surface area contributed by atoms with E-state index in [1.807, 2.05) is 0 Å². The molecule has 20 heavy (non-hydrogen) atoms. The lowest BCUT2D eigenvalue weighted by molar-refractivity contribution is 0.0955. The lowest BCUT2D eigenvalue weighted by atomic mass is 10.2. The van der Waals surface area contributed by atoms with E-state index >= 15 is 0 Å². The van der Waals surface area contributed by atoms with Crippen LogP contribution in [-0.2, 0) is 0 Å². The fraction of sp³-hybridized carbons (Fsp3) is 0. The van der Waals surface area contributed by atoms with Gasteiger partial charge >= 0.3 is 0 Å². The second-order valence-corrected chi connectivity index (χ2v) is 4.11. The maximum Gasteiger partial charge on any atom is 0.271 e. The maximum absolute atomic E-state index is 11.9. The van der Waals surface area contributed by atoms with E-state index in [-0.39, 0.29) is 5.91 Å². The highest BCUT2D eigenvalue weighted by molar-refractivity contribution is 5.97. The molecule has 0 saturated carbocycles. The highest BCUT2D eigenvalue weighted by Gasteiger charge is 2.05. The lowest BCUT2D eigenvalue weighted by Gasteiger charge is -1.99. The second kappa shape index (κ2) is 5.31. The van der Waals surface area contributed by atoms with E-state index in [0.717, 1.165) is 16.6 Å². The van der Waals surface area contributed by atoms with Crippen LogP contribution in [0, 0.1) is 0 Å². The van der Waals surface area contributed by atoms with Gasteiger partial charge in [-0.05, 0) is 35.9 Å². The number of aromatic amines is 1. The third-order valence-electron chi connectivity index (χ3n) is 2.77. The number of hydrogen-bond acceptors (Lipinski definition) is 4. The molecule has 0 aliphatic carbocycles. The molecule has 3 aromatic rings. The van der Waals surface area contributed by atoms with Crippen molar-refractivity contribution in [2.75, 3.05) is 0 Å². The molecule has 2 N–H and O–H groups in total. The van der Waals surface area contributed by atoms with Crippen molar-refractivity contribution in [3.8, 4) is 0 Å². The highest BCUT2D eigenvalue weighted by Crippen LogP contribution is 2.11. The molecule has 0 aliphatic heterocycles. The Kier molecular flexibility index (Phi) is 3.20. The number of hydrazone groups is 1. The van der Waals surface area contributed by atoms with Crippen molar-refractivity contribution in [3.05, 3.63) is 60.2 Å². The third-order valence-corrected chi connectivity index (χ3v) is 2.77. The van der Waals surface area contributed by atoms with Crippen LogP contribution in [0.15, 0.2) is 54.2 Å². The summed E-state index contributed by atoms with van der Waals surface area (Å²) in [6.45, 7) is 0. The van der Waals surface area contributed by atoms with E-state index < -0.39 is 0 Å². The van der Waals surface area contributed by atoms with Gasteiger partial charge < -0.3 is 4.98 Å². The van der Waals surface area contributed by atoms with Gasteiger partial charge in [0.15, 0.2) is 0 Å². The summed E-state index contributed by atoms with van der Waals surface area (Å²) in [5.41, 5.74) is 5.50. The van der Waals surface area contributed by atoms with Crippen LogP contribution in [0.5, 0.6) is 0 Å². The number of imidazole rings is 1. The minimum Gasteiger partial charge on any atom is -0.345 e. The first-order valence-electron chi connectivity index (χ1n) is 5.99. The van der Waals surface area contributed by atoms with Gasteiger partial charge in [0.1, 0.15) is 0 Å². The Morgan fingerprint density at radius 2 is 2.10 bits per heavy atom. The van der Waals surface area contributed by atoms with Gasteiger partial charge in [0.2, 0.25) is 0 Å². The molecule has 2 aromatic heterocycles. The fourth-order valence-corrected chi connectivity index (χ4v) is 1.76. The monoisotopic (exact) mass is 265 g/mol. The summed E-state index contributed by atoms with van der Waals surface area (Å²) in [7, 11) is 0. The van der Waals surface area contributed by atoms with E-state index in [2.05, 4.69) is 25.5 Å². The standard InChI is InChI=1S/C14H11N5O/c20-14(19-18-8-10-3-5-15-6-4-10)11-1-2-12-13(7-11)17-9-16-12/h1-9H,(H,16,17)(H,19,20)/b18-8-. The molecule has 3 rings (SSSR count). The Bertz CT molecular complexity index is 763. The molecule has 2 heterocycles. The number of pyridine rings is 1. The molecule has 0 unspecified atom stereocenters. The Hall–Kier alpha value is -3.02. The van der Waals surface area contributed by atoms with Gasteiger partial charge in [-0.2, -0.15) is 5.10 Å². The van der Waals surface area contributed by atoms with Gasteiger partial charge in [0.05, 0.1) is 23.6 Å². The average Bonchev–Trinajstić information content (AvgIpc) is 2.95. The first kappa shape index (κ1) is 12.0. The lowest BCUT2D eigenvalue weighted by Crippen LogP contribution is -2.17. The molecule has 0 fully saturated rings. The number of carbonyl (C=O) groups excluding carboxylic acids is 1. The van der Waals surface area contributed by atoms with Crippen LogP contribution >= 0.6 is 0 Å². The van der Waals surface area contributed by atoms with E-state index in [9.17, 15) is 4.79 Å². The van der Waals surface area contributed by atoms with Crippen molar-refractivity contribution < 1.29 is 4.79 Å². The third kappa shape index (κ3) is 2.54. The molecule has 6 heteroatoms. The van der Waals surface area contributed by atoms with Crippen LogP contribution in [0.1, 0.15) is 15.9 Å². The van der Waals surface area contributed by atoms with Crippen molar-refractivity contribution in [1.29, 1.82) is 0 Å². The Labute approximate surface area is 114 Å². The quantitative estimate of drug-likeness (QED) is 0.558. The average molecular weight is 265 g/mol. The number of H-pyrrole nitrogens is 1. The first-order valence-corrected chi connectivity index (χ1v) is 5.99. The summed E-state index contributed by atoms with van der Waals surface area (Å²) in [6, 6.07) is 8.83. The highest BCUT2D eigenvalue weighted by atomic mass is 16.2. The van der Waals surface area contributed by atoms with Gasteiger partial charge in [-0.3, -0.25) is 9.78 Å². The first-order chi connectivity index (χ1) is 9.83.